The molecule has 0 saturated carbocycles. The van der Waals surface area contributed by atoms with E-state index in [4.69, 9.17) is 5.73 Å². The van der Waals surface area contributed by atoms with Crippen molar-refractivity contribution in [2.24, 2.45) is 11.7 Å². The van der Waals surface area contributed by atoms with Gasteiger partial charge >= 0.3 is 0 Å². The highest BCUT2D eigenvalue weighted by Gasteiger charge is 2.29. The third-order valence-electron chi connectivity index (χ3n) is 5.13. The lowest BCUT2D eigenvalue weighted by molar-refractivity contribution is 0.0897. The van der Waals surface area contributed by atoms with Gasteiger partial charge in [0.1, 0.15) is 0 Å². The van der Waals surface area contributed by atoms with Crippen LogP contribution < -0.4 is 11.1 Å². The molecule has 0 radical (unpaired) electrons. The van der Waals surface area contributed by atoms with Gasteiger partial charge in [-0.05, 0) is 56.7 Å². The largest absolute Gasteiger partial charge is 0.346 e. The van der Waals surface area contributed by atoms with Crippen LogP contribution in [0.4, 0.5) is 0 Å². The van der Waals surface area contributed by atoms with Gasteiger partial charge in [-0.1, -0.05) is 26.3 Å². The summed E-state index contributed by atoms with van der Waals surface area (Å²) in [6.07, 6.45) is 3.56. The predicted octanol–water partition coefficient (Wildman–Crippen LogP) is 2.66. The summed E-state index contributed by atoms with van der Waals surface area (Å²) < 4.78 is 27.4. The van der Waals surface area contributed by atoms with Gasteiger partial charge in [-0.15, -0.1) is 0 Å². The van der Waals surface area contributed by atoms with E-state index < -0.39 is 15.6 Å². The Morgan fingerprint density at radius 1 is 1.26 bits per heavy atom. The van der Waals surface area contributed by atoms with Crippen molar-refractivity contribution in [3.63, 3.8) is 0 Å². The molecule has 0 bridgehead atoms. The molecule has 1 atom stereocenters. The van der Waals surface area contributed by atoms with E-state index in [2.05, 4.69) is 19.2 Å². The average Bonchev–Trinajstić information content (AvgIpc) is 2.61. The maximum Gasteiger partial charge on any atom is 0.252 e. The topological polar surface area (TPSA) is 92.5 Å². The van der Waals surface area contributed by atoms with Crippen molar-refractivity contribution >= 4 is 15.9 Å². The number of sulfonamides is 1. The van der Waals surface area contributed by atoms with E-state index in [-0.39, 0.29) is 10.8 Å². The molecule has 6 nitrogen and oxygen atoms in total. The van der Waals surface area contributed by atoms with E-state index >= 15 is 0 Å². The number of rotatable bonds is 7. The summed E-state index contributed by atoms with van der Waals surface area (Å²) in [7, 11) is -3.57. The maximum atomic E-state index is 12.9. The Balaban J connectivity index is 2.30. The molecule has 1 aromatic carbocycles. The van der Waals surface area contributed by atoms with Gasteiger partial charge in [0.2, 0.25) is 10.0 Å². The second kappa shape index (κ2) is 8.71. The van der Waals surface area contributed by atoms with E-state index in [1.54, 1.807) is 12.1 Å². The number of nitrogens with two attached hydrogens (primary N) is 1. The van der Waals surface area contributed by atoms with Crippen LogP contribution in [0.2, 0.25) is 0 Å². The number of benzene rings is 1. The minimum Gasteiger partial charge on any atom is -0.346 e. The Hall–Kier alpha value is -1.44. The molecule has 7 heteroatoms. The van der Waals surface area contributed by atoms with Gasteiger partial charge in [0, 0.05) is 30.7 Å². The fraction of sp³-hybridized carbons (Fsp3) is 0.650. The molecule has 1 unspecified atom stereocenters. The normalized spacial score (nSPS) is 18.3. The molecule has 27 heavy (non-hydrogen) atoms. The molecule has 1 heterocycles. The highest BCUT2D eigenvalue weighted by Crippen LogP contribution is 2.24. The Morgan fingerprint density at radius 3 is 2.44 bits per heavy atom. The molecule has 1 aliphatic heterocycles. The van der Waals surface area contributed by atoms with Gasteiger partial charge in [0.25, 0.3) is 5.91 Å². The third-order valence-corrected chi connectivity index (χ3v) is 7.03. The number of amides is 1. The SMILES string of the molecule is Cc1ccc(S(=O)(=O)N2CCCCC2)cc1C(=O)NC(C)(CN)CC(C)C. The number of piperidine rings is 1. The molecule has 1 fully saturated rings. The minimum absolute atomic E-state index is 0.179. The van der Waals surface area contributed by atoms with Crippen LogP contribution in [0.3, 0.4) is 0 Å². The van der Waals surface area contributed by atoms with Crippen LogP contribution in [0, 0.1) is 12.8 Å². The minimum atomic E-state index is -3.57. The standard InChI is InChI=1S/C20H33N3O3S/c1-15(2)13-20(4,14-21)22-19(24)18-12-17(9-8-16(18)3)27(25,26)23-10-6-5-7-11-23/h8-9,12,15H,5-7,10-11,13-14,21H2,1-4H3,(H,22,24). The van der Waals surface area contributed by atoms with Crippen molar-refractivity contribution in [1.82, 2.24) is 9.62 Å². The fourth-order valence-corrected chi connectivity index (χ4v) is 5.23. The maximum absolute atomic E-state index is 12.9. The first-order valence-electron chi connectivity index (χ1n) is 9.72. The zero-order valence-electron chi connectivity index (χ0n) is 16.9. The van der Waals surface area contributed by atoms with Crippen molar-refractivity contribution in [3.05, 3.63) is 29.3 Å². The molecule has 1 aliphatic rings. The number of carbonyl (C=O) groups is 1. The fourth-order valence-electron chi connectivity index (χ4n) is 3.69. The zero-order chi connectivity index (χ0) is 20.2. The Labute approximate surface area is 163 Å². The number of aryl methyl sites for hydroxylation is 1. The van der Waals surface area contributed by atoms with Gasteiger partial charge in [-0.25, -0.2) is 8.42 Å². The molecule has 3 N–H and O–H groups in total. The van der Waals surface area contributed by atoms with E-state index in [0.29, 0.717) is 31.1 Å². The lowest BCUT2D eigenvalue weighted by Gasteiger charge is -2.31. The molecule has 1 saturated heterocycles. The number of hydrogen-bond donors (Lipinski definition) is 2. The van der Waals surface area contributed by atoms with Crippen LogP contribution in [0.25, 0.3) is 0 Å². The van der Waals surface area contributed by atoms with Crippen molar-refractivity contribution in [2.75, 3.05) is 19.6 Å². The van der Waals surface area contributed by atoms with Crippen molar-refractivity contribution in [2.45, 2.75) is 63.8 Å². The number of hydrogen-bond acceptors (Lipinski definition) is 4. The molecule has 1 amide bonds. The summed E-state index contributed by atoms with van der Waals surface area (Å²) in [5.41, 5.74) is 6.50. The summed E-state index contributed by atoms with van der Waals surface area (Å²) >= 11 is 0. The van der Waals surface area contributed by atoms with Gasteiger partial charge in [-0.3, -0.25) is 4.79 Å². The van der Waals surface area contributed by atoms with Crippen LogP contribution in [0.15, 0.2) is 23.1 Å². The molecule has 152 valence electrons. The first-order valence-corrected chi connectivity index (χ1v) is 11.2. The van der Waals surface area contributed by atoms with E-state index in [1.165, 1.54) is 10.4 Å². The Morgan fingerprint density at radius 2 is 1.89 bits per heavy atom. The van der Waals surface area contributed by atoms with Crippen LogP contribution in [-0.2, 0) is 10.0 Å². The highest BCUT2D eigenvalue weighted by atomic mass is 32.2. The summed E-state index contributed by atoms with van der Waals surface area (Å²) in [6.45, 7) is 9.30. The molecule has 0 spiro atoms. The Bertz CT molecular complexity index is 771. The van der Waals surface area contributed by atoms with Crippen LogP contribution in [0.5, 0.6) is 0 Å². The molecular formula is C20H33N3O3S. The van der Waals surface area contributed by atoms with Crippen molar-refractivity contribution in [3.8, 4) is 0 Å². The molecule has 2 rings (SSSR count). The van der Waals surface area contributed by atoms with Gasteiger partial charge in [0.05, 0.1) is 4.90 Å². The predicted molar refractivity (Wildman–Crippen MR) is 108 cm³/mol. The second-order valence-corrected chi connectivity index (χ2v) is 10.2. The number of nitrogens with one attached hydrogen (secondary N) is 1. The molecule has 1 aromatic rings. The monoisotopic (exact) mass is 395 g/mol. The number of nitrogens with zero attached hydrogens (tertiary/aromatic N) is 1. The van der Waals surface area contributed by atoms with Crippen LogP contribution in [-0.4, -0.2) is 43.8 Å². The lowest BCUT2D eigenvalue weighted by Crippen LogP contribution is -2.52. The van der Waals surface area contributed by atoms with Gasteiger partial charge in [0.15, 0.2) is 0 Å². The van der Waals surface area contributed by atoms with Crippen LogP contribution >= 0.6 is 0 Å². The molecule has 0 aromatic heterocycles. The quantitative estimate of drug-likeness (QED) is 0.742. The highest BCUT2D eigenvalue weighted by molar-refractivity contribution is 7.89. The van der Waals surface area contributed by atoms with Crippen LogP contribution in [0.1, 0.15) is 62.4 Å². The summed E-state index contributed by atoms with van der Waals surface area (Å²) in [6, 6.07) is 4.79. The van der Waals surface area contributed by atoms with Crippen molar-refractivity contribution < 1.29 is 13.2 Å². The smallest absolute Gasteiger partial charge is 0.252 e. The van der Waals surface area contributed by atoms with Crippen molar-refractivity contribution in [1.29, 1.82) is 0 Å². The van der Waals surface area contributed by atoms with E-state index in [9.17, 15) is 13.2 Å². The number of carbonyl (C=O) groups excluding carboxylic acids is 1. The van der Waals surface area contributed by atoms with E-state index in [1.807, 2.05) is 13.8 Å². The first kappa shape index (κ1) is 21.9. The zero-order valence-corrected chi connectivity index (χ0v) is 17.7. The second-order valence-electron chi connectivity index (χ2n) is 8.26. The van der Waals surface area contributed by atoms with E-state index in [0.717, 1.165) is 31.2 Å². The third kappa shape index (κ3) is 5.30. The summed E-state index contributed by atoms with van der Waals surface area (Å²) in [5, 5.41) is 3.02. The lowest BCUT2D eigenvalue weighted by atomic mass is 9.90. The molecular weight excluding hydrogens is 362 g/mol. The summed E-state index contributed by atoms with van der Waals surface area (Å²) in [5.74, 6) is 0.0996. The summed E-state index contributed by atoms with van der Waals surface area (Å²) in [4.78, 5) is 13.1. The Kier molecular flexibility index (Phi) is 7.05. The first-order chi connectivity index (χ1) is 12.6. The van der Waals surface area contributed by atoms with Gasteiger partial charge < -0.3 is 11.1 Å². The molecule has 0 aliphatic carbocycles. The average molecular weight is 396 g/mol. The van der Waals surface area contributed by atoms with Gasteiger partial charge in [-0.2, -0.15) is 4.31 Å².